The first kappa shape index (κ1) is 13.9. The summed E-state index contributed by atoms with van der Waals surface area (Å²) >= 11 is 0. The van der Waals surface area contributed by atoms with Gasteiger partial charge in [0.2, 0.25) is 0 Å². The highest BCUT2D eigenvalue weighted by molar-refractivity contribution is 4.92. The van der Waals surface area contributed by atoms with Gasteiger partial charge in [-0.05, 0) is 76.8 Å². The van der Waals surface area contributed by atoms with Crippen LogP contribution < -0.4 is 5.32 Å². The Morgan fingerprint density at radius 2 is 1.63 bits per heavy atom. The first-order valence-electron chi connectivity index (χ1n) is 8.74. The fourth-order valence-corrected chi connectivity index (χ4v) is 4.83. The van der Waals surface area contributed by atoms with Crippen LogP contribution in [0.4, 0.5) is 0 Å². The fourth-order valence-electron chi connectivity index (χ4n) is 4.83. The second kappa shape index (κ2) is 6.13. The maximum atomic E-state index is 3.91. The molecule has 1 spiro atoms. The minimum atomic E-state index is 0.681. The first-order valence-corrected chi connectivity index (χ1v) is 8.74. The monoisotopic (exact) mass is 264 g/mol. The molecule has 19 heavy (non-hydrogen) atoms. The Labute approximate surface area is 119 Å². The zero-order valence-corrected chi connectivity index (χ0v) is 12.8. The lowest BCUT2D eigenvalue weighted by Crippen LogP contribution is -2.45. The first-order chi connectivity index (χ1) is 9.26. The number of hydrogen-bond acceptors (Lipinski definition) is 2. The minimum Gasteiger partial charge on any atom is -0.310 e. The second-order valence-electron chi connectivity index (χ2n) is 7.56. The fraction of sp³-hybridized carbons (Fsp3) is 1.00. The van der Waals surface area contributed by atoms with Crippen LogP contribution >= 0.6 is 0 Å². The van der Waals surface area contributed by atoms with Gasteiger partial charge in [-0.3, -0.25) is 0 Å². The maximum Gasteiger partial charge on any atom is 0.0169 e. The van der Waals surface area contributed by atoms with Gasteiger partial charge in [-0.25, -0.2) is 0 Å². The third-order valence-corrected chi connectivity index (χ3v) is 5.96. The summed E-state index contributed by atoms with van der Waals surface area (Å²) in [5.74, 6) is 0. The molecule has 0 aromatic heterocycles. The van der Waals surface area contributed by atoms with Crippen molar-refractivity contribution in [1.82, 2.24) is 10.2 Å². The molecule has 0 aromatic carbocycles. The molecule has 2 aliphatic carbocycles. The standard InChI is InChI=1S/C17H32N2/c1-15(14-19-12-4-5-13-19)18-16-6-10-17(11-7-16)8-2-3-9-17/h15-16,18H,2-14H2,1H3. The van der Waals surface area contributed by atoms with Gasteiger partial charge in [-0.15, -0.1) is 0 Å². The summed E-state index contributed by atoms with van der Waals surface area (Å²) in [7, 11) is 0. The Hall–Kier alpha value is -0.0800. The lowest BCUT2D eigenvalue weighted by Gasteiger charge is -2.39. The van der Waals surface area contributed by atoms with E-state index in [0.717, 1.165) is 11.5 Å². The molecule has 2 heteroatoms. The highest BCUT2D eigenvalue weighted by atomic mass is 15.2. The molecule has 3 aliphatic rings. The van der Waals surface area contributed by atoms with Crippen LogP contribution in [0.5, 0.6) is 0 Å². The third-order valence-electron chi connectivity index (χ3n) is 5.96. The lowest BCUT2D eigenvalue weighted by atomic mass is 9.71. The molecule has 1 aliphatic heterocycles. The van der Waals surface area contributed by atoms with Crippen molar-refractivity contribution in [2.24, 2.45) is 5.41 Å². The van der Waals surface area contributed by atoms with Gasteiger partial charge in [0.15, 0.2) is 0 Å². The Bertz CT molecular complexity index is 267. The van der Waals surface area contributed by atoms with Gasteiger partial charge in [0.25, 0.3) is 0 Å². The predicted octanol–water partition coefficient (Wildman–Crippen LogP) is 3.56. The van der Waals surface area contributed by atoms with Gasteiger partial charge in [0.05, 0.1) is 0 Å². The van der Waals surface area contributed by atoms with E-state index < -0.39 is 0 Å². The van der Waals surface area contributed by atoms with Gasteiger partial charge in [0, 0.05) is 18.6 Å². The highest BCUT2D eigenvalue weighted by Crippen LogP contribution is 2.48. The summed E-state index contributed by atoms with van der Waals surface area (Å²) in [6.45, 7) is 6.32. The van der Waals surface area contributed by atoms with E-state index in [1.54, 1.807) is 0 Å². The van der Waals surface area contributed by atoms with Crippen LogP contribution in [0.15, 0.2) is 0 Å². The van der Waals surface area contributed by atoms with Crippen molar-refractivity contribution in [3.8, 4) is 0 Å². The molecule has 1 unspecified atom stereocenters. The molecule has 0 aromatic rings. The van der Waals surface area contributed by atoms with E-state index in [1.807, 2.05) is 0 Å². The molecule has 110 valence electrons. The van der Waals surface area contributed by atoms with Crippen LogP contribution in [0.1, 0.15) is 71.1 Å². The van der Waals surface area contributed by atoms with E-state index in [9.17, 15) is 0 Å². The molecular formula is C17H32N2. The summed E-state index contributed by atoms with van der Waals surface area (Å²) in [5.41, 5.74) is 0.788. The number of nitrogens with zero attached hydrogens (tertiary/aromatic N) is 1. The molecule has 0 radical (unpaired) electrons. The van der Waals surface area contributed by atoms with Gasteiger partial charge in [0.1, 0.15) is 0 Å². The number of hydrogen-bond donors (Lipinski definition) is 1. The number of likely N-dealkylation sites (tertiary alicyclic amines) is 1. The van der Waals surface area contributed by atoms with E-state index in [2.05, 4.69) is 17.1 Å². The third kappa shape index (κ3) is 3.52. The molecule has 1 saturated heterocycles. The minimum absolute atomic E-state index is 0.681. The van der Waals surface area contributed by atoms with Crippen LogP contribution in [-0.4, -0.2) is 36.6 Å². The van der Waals surface area contributed by atoms with Crippen molar-refractivity contribution in [3.63, 3.8) is 0 Å². The summed E-state index contributed by atoms with van der Waals surface area (Å²) in [6.07, 6.45) is 14.8. The largest absolute Gasteiger partial charge is 0.310 e. The molecule has 2 nitrogen and oxygen atoms in total. The van der Waals surface area contributed by atoms with Gasteiger partial charge < -0.3 is 10.2 Å². The smallest absolute Gasteiger partial charge is 0.0169 e. The van der Waals surface area contributed by atoms with Crippen molar-refractivity contribution in [1.29, 1.82) is 0 Å². The van der Waals surface area contributed by atoms with Crippen molar-refractivity contribution in [3.05, 3.63) is 0 Å². The van der Waals surface area contributed by atoms with Crippen LogP contribution in [0.2, 0.25) is 0 Å². The van der Waals surface area contributed by atoms with Crippen LogP contribution in [0, 0.1) is 5.41 Å². The Balaban J connectivity index is 1.39. The highest BCUT2D eigenvalue weighted by Gasteiger charge is 2.37. The van der Waals surface area contributed by atoms with E-state index in [-0.39, 0.29) is 0 Å². The van der Waals surface area contributed by atoms with Crippen LogP contribution in [-0.2, 0) is 0 Å². The molecule has 1 atom stereocenters. The van der Waals surface area contributed by atoms with Gasteiger partial charge in [-0.2, -0.15) is 0 Å². The summed E-state index contributed by atoms with van der Waals surface area (Å²) < 4.78 is 0. The van der Waals surface area contributed by atoms with E-state index >= 15 is 0 Å². The van der Waals surface area contributed by atoms with E-state index in [1.165, 1.54) is 83.8 Å². The maximum absolute atomic E-state index is 3.91. The Morgan fingerprint density at radius 1 is 1.00 bits per heavy atom. The summed E-state index contributed by atoms with van der Waals surface area (Å²) in [4.78, 5) is 2.64. The number of nitrogens with one attached hydrogen (secondary N) is 1. The summed E-state index contributed by atoms with van der Waals surface area (Å²) in [5, 5.41) is 3.91. The van der Waals surface area contributed by atoms with Crippen LogP contribution in [0.25, 0.3) is 0 Å². The van der Waals surface area contributed by atoms with Crippen molar-refractivity contribution < 1.29 is 0 Å². The second-order valence-corrected chi connectivity index (χ2v) is 7.56. The van der Waals surface area contributed by atoms with Crippen LogP contribution in [0.3, 0.4) is 0 Å². The average molecular weight is 264 g/mol. The molecule has 3 rings (SSSR count). The van der Waals surface area contributed by atoms with Crippen molar-refractivity contribution in [2.45, 2.75) is 83.2 Å². The Morgan fingerprint density at radius 3 is 2.26 bits per heavy atom. The molecule has 3 fully saturated rings. The average Bonchev–Trinajstić information content (AvgIpc) is 3.05. The molecular weight excluding hydrogens is 232 g/mol. The summed E-state index contributed by atoms with van der Waals surface area (Å²) in [6, 6.07) is 1.49. The Kier molecular flexibility index (Phi) is 4.48. The van der Waals surface area contributed by atoms with Gasteiger partial charge >= 0.3 is 0 Å². The molecule has 0 amide bonds. The SMILES string of the molecule is CC(CN1CCCC1)NC1CCC2(CCCC2)CC1. The predicted molar refractivity (Wildman–Crippen MR) is 81.4 cm³/mol. The lowest BCUT2D eigenvalue weighted by molar-refractivity contribution is 0.158. The van der Waals surface area contributed by atoms with E-state index in [0.29, 0.717) is 6.04 Å². The van der Waals surface area contributed by atoms with Gasteiger partial charge in [-0.1, -0.05) is 12.8 Å². The van der Waals surface area contributed by atoms with Crippen molar-refractivity contribution in [2.75, 3.05) is 19.6 Å². The quantitative estimate of drug-likeness (QED) is 0.835. The van der Waals surface area contributed by atoms with Crippen molar-refractivity contribution >= 4 is 0 Å². The van der Waals surface area contributed by atoms with E-state index in [4.69, 9.17) is 0 Å². The zero-order valence-electron chi connectivity index (χ0n) is 12.8. The normalized spacial score (nSPS) is 30.2. The number of rotatable bonds is 4. The molecule has 1 heterocycles. The molecule has 1 N–H and O–H groups in total. The molecule has 2 saturated carbocycles. The molecule has 0 bridgehead atoms. The zero-order chi connectivity index (χ0) is 13.1. The topological polar surface area (TPSA) is 15.3 Å².